The summed E-state index contributed by atoms with van der Waals surface area (Å²) >= 11 is 5.74. The molecule has 1 aromatic heterocycles. The standard InChI is InChI=1S/C14H11ClN4O/c15-13-7-11(12(17)8-18-13)14(20)19-10-3-1-9(2-4-10)5-6-16/h1-4,7-8H,5,17H2,(H,19,20). The van der Waals surface area contributed by atoms with Crippen LogP contribution in [-0.4, -0.2) is 10.9 Å². The lowest BCUT2D eigenvalue weighted by Gasteiger charge is -2.08. The zero-order valence-corrected chi connectivity index (χ0v) is 11.2. The third kappa shape index (κ3) is 3.25. The van der Waals surface area contributed by atoms with Gasteiger partial charge in [0.05, 0.1) is 29.9 Å². The van der Waals surface area contributed by atoms with Gasteiger partial charge in [-0.1, -0.05) is 23.7 Å². The highest BCUT2D eigenvalue weighted by molar-refractivity contribution is 6.30. The molecule has 3 N–H and O–H groups in total. The van der Waals surface area contributed by atoms with Gasteiger partial charge in [0.25, 0.3) is 5.91 Å². The van der Waals surface area contributed by atoms with Crippen molar-refractivity contribution in [3.8, 4) is 6.07 Å². The van der Waals surface area contributed by atoms with Crippen molar-refractivity contribution in [1.29, 1.82) is 5.26 Å². The number of anilines is 2. The minimum atomic E-state index is -0.361. The number of nitrogens with one attached hydrogen (secondary N) is 1. The summed E-state index contributed by atoms with van der Waals surface area (Å²) in [7, 11) is 0. The van der Waals surface area contributed by atoms with Gasteiger partial charge in [-0.15, -0.1) is 0 Å². The molecule has 0 spiro atoms. The molecule has 2 aromatic rings. The number of nitrogens with two attached hydrogens (primary N) is 1. The van der Waals surface area contributed by atoms with Crippen molar-refractivity contribution in [3.63, 3.8) is 0 Å². The first kappa shape index (κ1) is 13.8. The van der Waals surface area contributed by atoms with E-state index < -0.39 is 0 Å². The minimum absolute atomic E-state index is 0.203. The van der Waals surface area contributed by atoms with Gasteiger partial charge in [0.1, 0.15) is 5.15 Å². The van der Waals surface area contributed by atoms with Crippen LogP contribution >= 0.6 is 11.6 Å². The van der Waals surface area contributed by atoms with E-state index in [1.54, 1.807) is 24.3 Å². The summed E-state index contributed by atoms with van der Waals surface area (Å²) in [5, 5.41) is 11.5. The number of nitrogen functional groups attached to an aromatic ring is 1. The molecule has 0 aliphatic carbocycles. The number of halogens is 1. The Balaban J connectivity index is 2.15. The Morgan fingerprint density at radius 3 is 2.75 bits per heavy atom. The predicted molar refractivity (Wildman–Crippen MR) is 77.4 cm³/mol. The number of nitrogens with zero attached hydrogens (tertiary/aromatic N) is 2. The van der Waals surface area contributed by atoms with Crippen LogP contribution in [0.5, 0.6) is 0 Å². The van der Waals surface area contributed by atoms with E-state index in [4.69, 9.17) is 22.6 Å². The molecule has 0 fully saturated rings. The number of rotatable bonds is 3. The van der Waals surface area contributed by atoms with Crippen LogP contribution in [0, 0.1) is 11.3 Å². The SMILES string of the molecule is N#CCc1ccc(NC(=O)c2cc(Cl)ncc2N)cc1. The quantitative estimate of drug-likeness (QED) is 0.848. The van der Waals surface area contributed by atoms with Crippen LogP contribution in [-0.2, 0) is 6.42 Å². The Bertz CT molecular complexity index is 677. The molecule has 0 aliphatic heterocycles. The van der Waals surface area contributed by atoms with Crippen molar-refractivity contribution in [1.82, 2.24) is 4.98 Å². The molecule has 0 radical (unpaired) electrons. The fraction of sp³-hybridized carbons (Fsp3) is 0.0714. The van der Waals surface area contributed by atoms with E-state index in [0.717, 1.165) is 5.56 Å². The summed E-state index contributed by atoms with van der Waals surface area (Å²) in [5.41, 5.74) is 7.72. The molecule has 0 aliphatic rings. The first-order chi connectivity index (χ1) is 9.60. The maximum Gasteiger partial charge on any atom is 0.257 e. The summed E-state index contributed by atoms with van der Waals surface area (Å²) in [4.78, 5) is 15.9. The van der Waals surface area contributed by atoms with Crippen LogP contribution in [0.1, 0.15) is 15.9 Å². The number of aromatic nitrogens is 1. The van der Waals surface area contributed by atoms with Crippen molar-refractivity contribution in [2.24, 2.45) is 0 Å². The number of pyridine rings is 1. The number of benzene rings is 1. The van der Waals surface area contributed by atoms with Crippen molar-refractivity contribution >= 4 is 28.9 Å². The molecule has 2 rings (SSSR count). The summed E-state index contributed by atoms with van der Waals surface area (Å²) in [6, 6.07) is 10.5. The van der Waals surface area contributed by atoms with E-state index in [0.29, 0.717) is 12.1 Å². The molecule has 20 heavy (non-hydrogen) atoms. The van der Waals surface area contributed by atoms with Gasteiger partial charge >= 0.3 is 0 Å². The Morgan fingerprint density at radius 2 is 2.10 bits per heavy atom. The van der Waals surface area contributed by atoms with Crippen LogP contribution in [0.25, 0.3) is 0 Å². The highest BCUT2D eigenvalue weighted by Crippen LogP contribution is 2.17. The minimum Gasteiger partial charge on any atom is -0.397 e. The molecule has 1 heterocycles. The first-order valence-electron chi connectivity index (χ1n) is 5.78. The van der Waals surface area contributed by atoms with Crippen LogP contribution in [0.3, 0.4) is 0 Å². The third-order valence-corrected chi connectivity index (χ3v) is 2.85. The molecule has 100 valence electrons. The van der Waals surface area contributed by atoms with Gasteiger partial charge in [0, 0.05) is 5.69 Å². The van der Waals surface area contributed by atoms with Crippen molar-refractivity contribution in [3.05, 3.63) is 52.8 Å². The second kappa shape index (κ2) is 6.04. The van der Waals surface area contributed by atoms with Gasteiger partial charge < -0.3 is 11.1 Å². The van der Waals surface area contributed by atoms with E-state index in [-0.39, 0.29) is 22.3 Å². The molecule has 5 nitrogen and oxygen atoms in total. The van der Waals surface area contributed by atoms with Gasteiger partial charge in [-0.2, -0.15) is 5.26 Å². The molecular weight excluding hydrogens is 276 g/mol. The maximum atomic E-state index is 12.1. The number of amides is 1. The van der Waals surface area contributed by atoms with Gasteiger partial charge in [-0.25, -0.2) is 4.98 Å². The molecule has 1 aromatic carbocycles. The number of carbonyl (C=O) groups excluding carboxylic acids is 1. The lowest BCUT2D eigenvalue weighted by Crippen LogP contribution is -2.14. The normalized spacial score (nSPS) is 9.80. The molecule has 0 bridgehead atoms. The molecule has 6 heteroatoms. The van der Waals surface area contributed by atoms with Gasteiger partial charge in [0.2, 0.25) is 0 Å². The number of hydrogen-bond donors (Lipinski definition) is 2. The van der Waals surface area contributed by atoms with Crippen molar-refractivity contribution < 1.29 is 4.79 Å². The van der Waals surface area contributed by atoms with E-state index in [1.165, 1.54) is 12.3 Å². The Morgan fingerprint density at radius 1 is 1.40 bits per heavy atom. The van der Waals surface area contributed by atoms with Crippen LogP contribution in [0.15, 0.2) is 36.5 Å². The van der Waals surface area contributed by atoms with Gasteiger partial charge in [0.15, 0.2) is 0 Å². The number of hydrogen-bond acceptors (Lipinski definition) is 4. The molecule has 1 amide bonds. The third-order valence-electron chi connectivity index (χ3n) is 2.64. The highest BCUT2D eigenvalue weighted by atomic mass is 35.5. The maximum absolute atomic E-state index is 12.1. The van der Waals surface area contributed by atoms with E-state index in [2.05, 4.69) is 16.4 Å². The van der Waals surface area contributed by atoms with Crippen LogP contribution in [0.4, 0.5) is 11.4 Å². The van der Waals surface area contributed by atoms with Crippen molar-refractivity contribution in [2.45, 2.75) is 6.42 Å². The summed E-state index contributed by atoms with van der Waals surface area (Å²) in [6.07, 6.45) is 1.68. The summed E-state index contributed by atoms with van der Waals surface area (Å²) < 4.78 is 0. The molecule has 0 atom stereocenters. The fourth-order valence-corrected chi connectivity index (χ4v) is 1.79. The largest absolute Gasteiger partial charge is 0.397 e. The Labute approximate surface area is 121 Å². The number of nitriles is 1. The first-order valence-corrected chi connectivity index (χ1v) is 6.16. The monoisotopic (exact) mass is 286 g/mol. The van der Waals surface area contributed by atoms with Gasteiger partial charge in [-0.05, 0) is 23.8 Å². The van der Waals surface area contributed by atoms with E-state index in [1.807, 2.05) is 0 Å². The highest BCUT2D eigenvalue weighted by Gasteiger charge is 2.11. The lowest BCUT2D eigenvalue weighted by molar-refractivity contribution is 0.102. The average Bonchev–Trinajstić information content (AvgIpc) is 2.44. The summed E-state index contributed by atoms with van der Waals surface area (Å²) in [6.45, 7) is 0. The smallest absolute Gasteiger partial charge is 0.257 e. The Hall–Kier alpha value is -2.58. The van der Waals surface area contributed by atoms with Crippen molar-refractivity contribution in [2.75, 3.05) is 11.1 Å². The van der Waals surface area contributed by atoms with Crippen LogP contribution < -0.4 is 11.1 Å². The lowest BCUT2D eigenvalue weighted by atomic mass is 10.1. The summed E-state index contributed by atoms with van der Waals surface area (Å²) in [5.74, 6) is -0.361. The van der Waals surface area contributed by atoms with Crippen LogP contribution in [0.2, 0.25) is 5.15 Å². The Kier molecular flexibility index (Phi) is 4.18. The number of carbonyl (C=O) groups is 1. The molecular formula is C14H11ClN4O. The molecule has 0 saturated carbocycles. The zero-order chi connectivity index (χ0) is 14.5. The van der Waals surface area contributed by atoms with E-state index in [9.17, 15) is 4.79 Å². The van der Waals surface area contributed by atoms with E-state index >= 15 is 0 Å². The van der Waals surface area contributed by atoms with Gasteiger partial charge in [-0.3, -0.25) is 4.79 Å². The second-order valence-corrected chi connectivity index (χ2v) is 4.47. The molecule has 0 unspecified atom stereocenters. The topological polar surface area (TPSA) is 91.8 Å². The predicted octanol–water partition coefficient (Wildman–Crippen LogP) is 2.64. The second-order valence-electron chi connectivity index (χ2n) is 4.08. The average molecular weight is 287 g/mol. The molecule has 0 saturated heterocycles. The zero-order valence-electron chi connectivity index (χ0n) is 10.4. The fourth-order valence-electron chi connectivity index (χ4n) is 1.63.